The van der Waals surface area contributed by atoms with Gasteiger partial charge in [-0.3, -0.25) is 9.69 Å². The Hall–Kier alpha value is -0.320. The van der Waals surface area contributed by atoms with Gasteiger partial charge in [0.1, 0.15) is 0 Å². The molecule has 2 N–H and O–H groups in total. The summed E-state index contributed by atoms with van der Waals surface area (Å²) in [6.45, 7) is 6.13. The van der Waals surface area contributed by atoms with Crippen LogP contribution in [0.5, 0.6) is 0 Å². The Morgan fingerprint density at radius 1 is 1.42 bits per heavy atom. The summed E-state index contributed by atoms with van der Waals surface area (Å²) in [6, 6.07) is 1.51. The molecule has 2 fully saturated rings. The van der Waals surface area contributed by atoms with Gasteiger partial charge in [0.25, 0.3) is 0 Å². The van der Waals surface area contributed by atoms with Crippen molar-refractivity contribution in [1.82, 2.24) is 15.5 Å². The summed E-state index contributed by atoms with van der Waals surface area (Å²) in [7, 11) is 2.17. The first-order valence-electron chi connectivity index (χ1n) is 7.32. The Kier molecular flexibility index (Phi) is 6.57. The van der Waals surface area contributed by atoms with Crippen LogP contribution in [0.1, 0.15) is 39.5 Å². The number of carbonyl (C=O) groups is 1. The maximum Gasteiger partial charge on any atom is 0.224 e. The van der Waals surface area contributed by atoms with Crippen LogP contribution in [0.3, 0.4) is 0 Å². The smallest absolute Gasteiger partial charge is 0.224 e. The van der Waals surface area contributed by atoms with Crippen LogP contribution >= 0.6 is 12.4 Å². The SMILES string of the molecule is CC1NCCCC1C(=O)NCC(C)N(C)C1CC1.Cl. The molecule has 0 aromatic rings. The molecule has 0 radical (unpaired) electrons. The van der Waals surface area contributed by atoms with Gasteiger partial charge < -0.3 is 10.6 Å². The number of hydrogen-bond donors (Lipinski definition) is 2. The van der Waals surface area contributed by atoms with E-state index in [0.29, 0.717) is 12.1 Å². The van der Waals surface area contributed by atoms with Crippen molar-refractivity contribution in [2.24, 2.45) is 5.92 Å². The monoisotopic (exact) mass is 289 g/mol. The summed E-state index contributed by atoms with van der Waals surface area (Å²) in [4.78, 5) is 14.5. The van der Waals surface area contributed by atoms with Crippen molar-refractivity contribution in [2.75, 3.05) is 20.1 Å². The Morgan fingerprint density at radius 3 is 2.68 bits per heavy atom. The van der Waals surface area contributed by atoms with Gasteiger partial charge in [-0.2, -0.15) is 0 Å². The summed E-state index contributed by atoms with van der Waals surface area (Å²) in [5.74, 6) is 0.378. The average molecular weight is 290 g/mol. The summed E-state index contributed by atoms with van der Waals surface area (Å²) in [5, 5.41) is 6.51. The molecule has 4 nitrogen and oxygen atoms in total. The van der Waals surface area contributed by atoms with E-state index in [1.54, 1.807) is 0 Å². The molecule has 5 heteroatoms. The Labute approximate surface area is 123 Å². The molecule has 19 heavy (non-hydrogen) atoms. The molecule has 0 aromatic carbocycles. The summed E-state index contributed by atoms with van der Waals surface area (Å²) >= 11 is 0. The molecule has 0 aromatic heterocycles. The highest BCUT2D eigenvalue weighted by molar-refractivity contribution is 5.85. The minimum atomic E-state index is 0. The number of rotatable bonds is 5. The van der Waals surface area contributed by atoms with Gasteiger partial charge in [-0.05, 0) is 53.1 Å². The molecule has 1 aliphatic carbocycles. The van der Waals surface area contributed by atoms with Crippen LogP contribution in [0.2, 0.25) is 0 Å². The summed E-state index contributed by atoms with van der Waals surface area (Å²) < 4.78 is 0. The van der Waals surface area contributed by atoms with Gasteiger partial charge in [0.2, 0.25) is 5.91 Å². The lowest BCUT2D eigenvalue weighted by Gasteiger charge is -2.30. The predicted molar refractivity (Wildman–Crippen MR) is 80.7 cm³/mol. The van der Waals surface area contributed by atoms with Gasteiger partial charge in [0.05, 0.1) is 5.92 Å². The highest BCUT2D eigenvalue weighted by Crippen LogP contribution is 2.26. The second-order valence-corrected chi connectivity index (χ2v) is 5.98. The molecule has 1 amide bonds. The second kappa shape index (κ2) is 7.46. The van der Waals surface area contributed by atoms with Gasteiger partial charge in [-0.1, -0.05) is 0 Å². The molecule has 2 rings (SSSR count). The van der Waals surface area contributed by atoms with E-state index >= 15 is 0 Å². The standard InChI is InChI=1S/C14H27N3O.ClH/c1-10(17(3)12-6-7-12)9-16-14(18)13-5-4-8-15-11(13)2;/h10-13,15H,4-9H2,1-3H3,(H,16,18);1H. The zero-order valence-electron chi connectivity index (χ0n) is 12.3. The van der Waals surface area contributed by atoms with E-state index < -0.39 is 0 Å². The zero-order chi connectivity index (χ0) is 13.1. The van der Waals surface area contributed by atoms with Gasteiger partial charge in [-0.25, -0.2) is 0 Å². The van der Waals surface area contributed by atoms with Crippen molar-refractivity contribution in [1.29, 1.82) is 0 Å². The number of nitrogens with one attached hydrogen (secondary N) is 2. The van der Waals surface area contributed by atoms with Crippen LogP contribution in [0.25, 0.3) is 0 Å². The van der Waals surface area contributed by atoms with E-state index in [1.165, 1.54) is 12.8 Å². The van der Waals surface area contributed by atoms with Crippen molar-refractivity contribution < 1.29 is 4.79 Å². The number of likely N-dealkylation sites (N-methyl/N-ethyl adjacent to an activating group) is 1. The highest BCUT2D eigenvalue weighted by atomic mass is 35.5. The van der Waals surface area contributed by atoms with Gasteiger partial charge >= 0.3 is 0 Å². The fourth-order valence-electron chi connectivity index (χ4n) is 2.77. The van der Waals surface area contributed by atoms with Crippen molar-refractivity contribution >= 4 is 18.3 Å². The first-order chi connectivity index (χ1) is 8.59. The molecule has 3 atom stereocenters. The van der Waals surface area contributed by atoms with E-state index in [2.05, 4.69) is 36.4 Å². The number of halogens is 1. The van der Waals surface area contributed by atoms with Crippen LogP contribution < -0.4 is 10.6 Å². The van der Waals surface area contributed by atoms with Gasteiger partial charge in [0.15, 0.2) is 0 Å². The fourth-order valence-corrected chi connectivity index (χ4v) is 2.77. The first-order valence-corrected chi connectivity index (χ1v) is 7.32. The number of carbonyl (C=O) groups excluding carboxylic acids is 1. The minimum Gasteiger partial charge on any atom is -0.354 e. The van der Waals surface area contributed by atoms with Crippen LogP contribution in [-0.2, 0) is 4.79 Å². The molecule has 112 valence electrons. The number of nitrogens with zero attached hydrogens (tertiary/aromatic N) is 1. The molecule has 1 aliphatic heterocycles. The van der Waals surface area contributed by atoms with Crippen molar-refractivity contribution in [2.45, 2.75) is 57.7 Å². The largest absolute Gasteiger partial charge is 0.354 e. The molecule has 0 bridgehead atoms. The third-order valence-electron chi connectivity index (χ3n) is 4.49. The topological polar surface area (TPSA) is 44.4 Å². The number of hydrogen-bond acceptors (Lipinski definition) is 3. The second-order valence-electron chi connectivity index (χ2n) is 5.98. The molecule has 3 unspecified atom stereocenters. The lowest BCUT2D eigenvalue weighted by atomic mass is 9.91. The minimum absolute atomic E-state index is 0. The molecular formula is C14H28ClN3O. The Balaban J connectivity index is 0.00000180. The Morgan fingerprint density at radius 2 is 2.11 bits per heavy atom. The van der Waals surface area contributed by atoms with Crippen molar-refractivity contribution in [3.63, 3.8) is 0 Å². The van der Waals surface area contributed by atoms with Crippen LogP contribution in [0.15, 0.2) is 0 Å². The number of amides is 1. The van der Waals surface area contributed by atoms with Crippen molar-refractivity contribution in [3.05, 3.63) is 0 Å². The molecular weight excluding hydrogens is 262 g/mol. The van der Waals surface area contributed by atoms with E-state index in [-0.39, 0.29) is 24.2 Å². The van der Waals surface area contributed by atoms with E-state index in [9.17, 15) is 4.79 Å². The van der Waals surface area contributed by atoms with Crippen LogP contribution in [-0.4, -0.2) is 49.1 Å². The first kappa shape index (κ1) is 16.7. The maximum atomic E-state index is 12.2. The lowest BCUT2D eigenvalue weighted by Crippen LogP contribution is -2.49. The van der Waals surface area contributed by atoms with Crippen LogP contribution in [0.4, 0.5) is 0 Å². The Bertz CT molecular complexity index is 296. The third kappa shape index (κ3) is 4.62. The molecule has 1 saturated carbocycles. The summed E-state index contributed by atoms with van der Waals surface area (Å²) in [6.07, 6.45) is 4.77. The van der Waals surface area contributed by atoms with Gasteiger partial charge in [-0.15, -0.1) is 12.4 Å². The third-order valence-corrected chi connectivity index (χ3v) is 4.49. The van der Waals surface area contributed by atoms with E-state index in [0.717, 1.165) is 32.0 Å². The van der Waals surface area contributed by atoms with Crippen LogP contribution in [0, 0.1) is 5.92 Å². The predicted octanol–water partition coefficient (Wildman–Crippen LogP) is 1.40. The molecule has 0 spiro atoms. The zero-order valence-corrected chi connectivity index (χ0v) is 13.1. The van der Waals surface area contributed by atoms with Crippen molar-refractivity contribution in [3.8, 4) is 0 Å². The molecule has 2 aliphatic rings. The highest BCUT2D eigenvalue weighted by Gasteiger charge is 2.30. The molecule has 1 heterocycles. The number of piperidine rings is 1. The normalized spacial score (nSPS) is 28.6. The lowest BCUT2D eigenvalue weighted by molar-refractivity contribution is -0.126. The maximum absolute atomic E-state index is 12.2. The summed E-state index contributed by atoms with van der Waals surface area (Å²) in [5.41, 5.74) is 0. The van der Waals surface area contributed by atoms with E-state index in [1.807, 2.05) is 0 Å². The quantitative estimate of drug-likeness (QED) is 0.804. The van der Waals surface area contributed by atoms with E-state index in [4.69, 9.17) is 0 Å². The fraction of sp³-hybridized carbons (Fsp3) is 0.929. The average Bonchev–Trinajstić information content (AvgIpc) is 3.19. The van der Waals surface area contributed by atoms with Gasteiger partial charge in [0, 0.05) is 24.7 Å². The molecule has 1 saturated heterocycles.